The van der Waals surface area contributed by atoms with Gasteiger partial charge in [-0.1, -0.05) is 49.5 Å². The minimum absolute atomic E-state index is 0.120. The average Bonchev–Trinajstić information content (AvgIpc) is 2.41. The highest BCUT2D eigenvalue weighted by molar-refractivity contribution is 9.10. The van der Waals surface area contributed by atoms with Gasteiger partial charge in [-0.25, -0.2) is 0 Å². The maximum atomic E-state index is 6.30. The Kier molecular flexibility index (Phi) is 5.49. The molecule has 0 spiro atoms. The Morgan fingerprint density at radius 3 is 2.55 bits per heavy atom. The predicted molar refractivity (Wildman–Crippen MR) is 90.5 cm³/mol. The predicted octanol–water partition coefficient (Wildman–Crippen LogP) is 5.12. The Bertz CT molecular complexity index is 619. The fraction of sp³-hybridized carbons (Fsp3) is 0.200. The molecule has 2 nitrogen and oxygen atoms in total. The third-order valence-corrected chi connectivity index (χ3v) is 4.75. The van der Waals surface area contributed by atoms with Crippen LogP contribution in [0, 0.1) is 0 Å². The van der Waals surface area contributed by atoms with Crippen LogP contribution in [0.4, 0.5) is 0 Å². The van der Waals surface area contributed by atoms with Crippen molar-refractivity contribution in [3.8, 4) is 5.75 Å². The quantitative estimate of drug-likeness (QED) is 0.747. The van der Waals surface area contributed by atoms with Crippen molar-refractivity contribution in [2.75, 3.05) is 7.11 Å². The molecule has 0 aliphatic rings. The van der Waals surface area contributed by atoms with Crippen LogP contribution in [-0.2, 0) is 6.42 Å². The van der Waals surface area contributed by atoms with Gasteiger partial charge in [-0.2, -0.15) is 0 Å². The molecule has 2 rings (SSSR count). The first kappa shape index (κ1) is 15.8. The molecule has 0 aliphatic carbocycles. The van der Waals surface area contributed by atoms with Gasteiger partial charge in [0.25, 0.3) is 0 Å². The molecule has 0 saturated carbocycles. The second kappa shape index (κ2) is 6.94. The van der Waals surface area contributed by atoms with Crippen molar-refractivity contribution in [3.05, 3.63) is 61.5 Å². The van der Waals surface area contributed by atoms with E-state index in [2.05, 4.69) is 31.9 Å². The number of methoxy groups -OCH3 is 1. The second-order valence-electron chi connectivity index (χ2n) is 4.43. The van der Waals surface area contributed by atoms with Gasteiger partial charge in [0.2, 0.25) is 0 Å². The number of ether oxygens (including phenoxy) is 1. The van der Waals surface area contributed by atoms with Gasteiger partial charge in [0.05, 0.1) is 7.11 Å². The summed E-state index contributed by atoms with van der Waals surface area (Å²) in [5.41, 5.74) is 8.45. The molecule has 1 unspecified atom stereocenters. The molecule has 0 bridgehead atoms. The average molecular weight is 420 g/mol. The largest absolute Gasteiger partial charge is 0.497 e. The lowest BCUT2D eigenvalue weighted by Gasteiger charge is -2.16. The van der Waals surface area contributed by atoms with Gasteiger partial charge < -0.3 is 10.5 Å². The molecule has 2 aromatic rings. The minimum Gasteiger partial charge on any atom is -0.497 e. The number of hydrogen-bond donors (Lipinski definition) is 1. The van der Waals surface area contributed by atoms with E-state index in [0.29, 0.717) is 11.4 Å². The van der Waals surface area contributed by atoms with Gasteiger partial charge in [0, 0.05) is 20.0 Å². The van der Waals surface area contributed by atoms with Crippen molar-refractivity contribution in [3.63, 3.8) is 0 Å². The van der Waals surface area contributed by atoms with E-state index in [1.165, 1.54) is 0 Å². The highest BCUT2D eigenvalue weighted by Crippen LogP contribution is 2.30. The van der Waals surface area contributed by atoms with Crippen LogP contribution in [0.3, 0.4) is 0 Å². The van der Waals surface area contributed by atoms with E-state index >= 15 is 0 Å². The molecule has 20 heavy (non-hydrogen) atoms. The number of nitrogens with two attached hydrogens (primary N) is 1. The summed E-state index contributed by atoms with van der Waals surface area (Å²) < 4.78 is 7.20. The van der Waals surface area contributed by atoms with E-state index in [4.69, 9.17) is 22.1 Å². The van der Waals surface area contributed by atoms with E-state index in [1.54, 1.807) is 7.11 Å². The summed E-state index contributed by atoms with van der Waals surface area (Å²) in [4.78, 5) is 0. The zero-order chi connectivity index (χ0) is 14.7. The Morgan fingerprint density at radius 1 is 1.15 bits per heavy atom. The zero-order valence-corrected chi connectivity index (χ0v) is 14.8. The molecule has 2 N–H and O–H groups in total. The lowest BCUT2D eigenvalue weighted by molar-refractivity contribution is 0.414. The number of halogens is 3. The van der Waals surface area contributed by atoms with Crippen LogP contribution in [-0.4, -0.2) is 7.11 Å². The summed E-state index contributed by atoms with van der Waals surface area (Å²) in [5.74, 6) is 0.825. The first-order valence-corrected chi connectivity index (χ1v) is 8.00. The van der Waals surface area contributed by atoms with Crippen LogP contribution < -0.4 is 10.5 Å². The second-order valence-corrected chi connectivity index (χ2v) is 6.58. The monoisotopic (exact) mass is 417 g/mol. The third kappa shape index (κ3) is 3.76. The summed E-state index contributed by atoms with van der Waals surface area (Å²) in [7, 11) is 1.66. The van der Waals surface area contributed by atoms with Crippen LogP contribution in [0.25, 0.3) is 0 Å². The van der Waals surface area contributed by atoms with Gasteiger partial charge in [-0.15, -0.1) is 0 Å². The summed E-state index contributed by atoms with van der Waals surface area (Å²) in [6.07, 6.45) is 0.706. The van der Waals surface area contributed by atoms with Gasteiger partial charge in [-0.3, -0.25) is 0 Å². The molecule has 0 aromatic heterocycles. The summed E-state index contributed by atoms with van der Waals surface area (Å²) >= 11 is 13.0. The molecule has 1 atom stereocenters. The van der Waals surface area contributed by atoms with E-state index in [9.17, 15) is 0 Å². The van der Waals surface area contributed by atoms with Crippen molar-refractivity contribution in [1.29, 1.82) is 0 Å². The third-order valence-electron chi connectivity index (χ3n) is 3.05. The first-order chi connectivity index (χ1) is 9.51. The van der Waals surface area contributed by atoms with Crippen molar-refractivity contribution in [2.24, 2.45) is 5.73 Å². The molecule has 106 valence electrons. The number of hydrogen-bond acceptors (Lipinski definition) is 2. The topological polar surface area (TPSA) is 35.2 Å². The lowest BCUT2D eigenvalue weighted by Crippen LogP contribution is -2.14. The van der Waals surface area contributed by atoms with Crippen LogP contribution in [0.15, 0.2) is 45.3 Å². The highest BCUT2D eigenvalue weighted by Gasteiger charge is 2.13. The number of benzene rings is 2. The minimum atomic E-state index is -0.120. The molecule has 5 heteroatoms. The Balaban J connectivity index is 2.25. The molecule has 0 radical (unpaired) electrons. The van der Waals surface area contributed by atoms with Gasteiger partial charge >= 0.3 is 0 Å². The molecule has 0 saturated heterocycles. The Morgan fingerprint density at radius 2 is 1.90 bits per heavy atom. The van der Waals surface area contributed by atoms with E-state index in [1.807, 2.05) is 36.4 Å². The summed E-state index contributed by atoms with van der Waals surface area (Å²) in [6, 6.07) is 11.4. The van der Waals surface area contributed by atoms with Crippen LogP contribution >= 0.6 is 43.5 Å². The van der Waals surface area contributed by atoms with Crippen molar-refractivity contribution >= 4 is 43.5 Å². The molecule has 2 aromatic carbocycles. The van der Waals surface area contributed by atoms with E-state index < -0.39 is 0 Å². The van der Waals surface area contributed by atoms with Gasteiger partial charge in [0.1, 0.15) is 5.75 Å². The molecule has 0 heterocycles. The molecular weight excluding hydrogens is 405 g/mol. The van der Waals surface area contributed by atoms with Crippen LogP contribution in [0.1, 0.15) is 17.2 Å². The van der Waals surface area contributed by atoms with Gasteiger partial charge in [-0.05, 0) is 47.9 Å². The lowest BCUT2D eigenvalue weighted by atomic mass is 9.99. The zero-order valence-electron chi connectivity index (χ0n) is 10.9. The Labute approximate surface area is 140 Å². The maximum absolute atomic E-state index is 6.30. The Hall–Kier alpha value is -0.550. The molecule has 0 aliphatic heterocycles. The first-order valence-electron chi connectivity index (χ1n) is 6.04. The number of rotatable bonds is 4. The van der Waals surface area contributed by atoms with E-state index in [0.717, 1.165) is 25.8 Å². The summed E-state index contributed by atoms with van der Waals surface area (Å²) in [6.45, 7) is 0. The molecular formula is C15H14Br2ClNO. The van der Waals surface area contributed by atoms with E-state index in [-0.39, 0.29) is 6.04 Å². The van der Waals surface area contributed by atoms with Crippen LogP contribution in [0.5, 0.6) is 5.75 Å². The standard InChI is InChI=1S/C15H14Br2ClNO/c1-20-11-3-5-13(16)9(6-11)7-15(19)12-4-2-10(18)8-14(12)17/h2-6,8,15H,7,19H2,1H3. The molecule has 0 amide bonds. The SMILES string of the molecule is COc1ccc(Br)c(CC(N)c2ccc(Cl)cc2Br)c1. The van der Waals surface area contributed by atoms with Crippen molar-refractivity contribution < 1.29 is 4.74 Å². The van der Waals surface area contributed by atoms with Gasteiger partial charge in [0.15, 0.2) is 0 Å². The maximum Gasteiger partial charge on any atom is 0.119 e. The smallest absolute Gasteiger partial charge is 0.119 e. The summed E-state index contributed by atoms with van der Waals surface area (Å²) in [5, 5.41) is 0.690. The van der Waals surface area contributed by atoms with Crippen molar-refractivity contribution in [2.45, 2.75) is 12.5 Å². The van der Waals surface area contributed by atoms with Crippen molar-refractivity contribution in [1.82, 2.24) is 0 Å². The normalized spacial score (nSPS) is 12.2. The fourth-order valence-corrected chi connectivity index (χ4v) is 3.37. The van der Waals surface area contributed by atoms with Crippen LogP contribution in [0.2, 0.25) is 5.02 Å². The molecule has 0 fully saturated rings. The fourth-order valence-electron chi connectivity index (χ4n) is 1.98. The highest BCUT2D eigenvalue weighted by atomic mass is 79.9.